The van der Waals surface area contributed by atoms with Gasteiger partial charge >= 0.3 is 11.9 Å². The highest BCUT2D eigenvalue weighted by atomic mass is 16.7. The van der Waals surface area contributed by atoms with E-state index in [2.05, 4.69) is 10.3 Å². The van der Waals surface area contributed by atoms with Gasteiger partial charge in [-0.05, 0) is 35.9 Å². The molecular weight excluding hydrogens is 646 g/mol. The summed E-state index contributed by atoms with van der Waals surface area (Å²) in [7, 11) is 0. The van der Waals surface area contributed by atoms with Gasteiger partial charge in [-0.1, -0.05) is 12.1 Å². The molecule has 49 heavy (non-hydrogen) atoms. The lowest BCUT2D eigenvalue weighted by Gasteiger charge is -2.41. The Morgan fingerprint density at radius 2 is 1.88 bits per heavy atom. The van der Waals surface area contributed by atoms with Crippen molar-refractivity contribution in [1.82, 2.24) is 15.0 Å². The predicted octanol–water partition coefficient (Wildman–Crippen LogP) is 0.946. The lowest BCUT2D eigenvalue weighted by Crippen LogP contribution is -2.63. The number of hydrogen-bond acceptors (Lipinski definition) is 13. The lowest BCUT2D eigenvalue weighted by atomic mass is 9.99. The molecule has 0 radical (unpaired) electrons. The number of phenols is 1. The number of aliphatic carboxylic acids is 1. The molecule has 1 aliphatic heterocycles. The van der Waals surface area contributed by atoms with Gasteiger partial charge in [0.2, 0.25) is 18.4 Å². The lowest BCUT2D eigenvalue weighted by molar-refractivity contribution is -0.288. The first-order valence-corrected chi connectivity index (χ1v) is 15.0. The third-order valence-electron chi connectivity index (χ3n) is 7.88. The second-order valence-corrected chi connectivity index (χ2v) is 11.2. The van der Waals surface area contributed by atoms with Crippen molar-refractivity contribution in [2.24, 2.45) is 0 Å². The van der Waals surface area contributed by atoms with Gasteiger partial charge in [0, 0.05) is 30.6 Å². The van der Waals surface area contributed by atoms with Crippen LogP contribution < -0.4 is 20.3 Å². The monoisotopic (exact) mass is 677 g/mol. The van der Waals surface area contributed by atoms with E-state index < -0.39 is 55.3 Å². The third kappa shape index (κ3) is 7.12. The van der Waals surface area contributed by atoms with Crippen LogP contribution in [-0.4, -0.2) is 98.3 Å². The second-order valence-electron chi connectivity index (χ2n) is 11.2. The van der Waals surface area contributed by atoms with Crippen LogP contribution in [0.25, 0.3) is 33.0 Å². The maximum Gasteiger partial charge on any atom is 0.334 e. The molecule has 2 aromatic carbocycles. The summed E-state index contributed by atoms with van der Waals surface area (Å²) in [5.41, 5.74) is 1.35. The third-order valence-corrected chi connectivity index (χ3v) is 7.88. The first-order valence-electron chi connectivity index (χ1n) is 15.0. The summed E-state index contributed by atoms with van der Waals surface area (Å²) in [5, 5.41) is 44.6. The number of carboxylic acid groups (broad SMARTS) is 1. The number of nitrogens with zero attached hydrogens (tertiary/aromatic N) is 1. The zero-order chi connectivity index (χ0) is 34.7. The van der Waals surface area contributed by atoms with E-state index in [9.17, 15) is 39.6 Å². The van der Waals surface area contributed by atoms with Crippen molar-refractivity contribution < 1.29 is 58.3 Å². The SMILES string of the molecule is O=CCCNC(C(=O)O)C(=O)OCC1OC(Oc2ccc3c(=O)c(-c4ccc(O)cc4)coc3c2)C(On2cc3cc[nH]c3c2)C(O)C1O. The van der Waals surface area contributed by atoms with Crippen LogP contribution in [0.3, 0.4) is 0 Å². The largest absolute Gasteiger partial charge is 0.508 e. The number of benzene rings is 2. The number of aliphatic hydroxyl groups excluding tert-OH is 2. The van der Waals surface area contributed by atoms with Gasteiger partial charge in [0.15, 0.2) is 5.43 Å². The van der Waals surface area contributed by atoms with Gasteiger partial charge in [0.25, 0.3) is 0 Å². The molecule has 3 aromatic heterocycles. The number of carbonyl (C=O) groups is 3. The molecule has 0 aliphatic carbocycles. The highest BCUT2D eigenvalue weighted by Crippen LogP contribution is 2.29. The summed E-state index contributed by atoms with van der Waals surface area (Å²) in [6.45, 7) is -0.772. The average molecular weight is 678 g/mol. The number of carbonyl (C=O) groups excluding carboxylic acids is 2. The first kappa shape index (κ1) is 33.2. The Hall–Kier alpha value is -5.68. The van der Waals surface area contributed by atoms with Crippen LogP contribution in [0.15, 0.2) is 82.6 Å². The molecule has 1 saturated heterocycles. The molecule has 0 amide bonds. The van der Waals surface area contributed by atoms with E-state index in [-0.39, 0.29) is 46.4 Å². The van der Waals surface area contributed by atoms with Crippen molar-refractivity contribution in [2.45, 2.75) is 43.2 Å². The van der Waals surface area contributed by atoms with Gasteiger partial charge in [-0.3, -0.25) is 10.1 Å². The molecule has 0 spiro atoms. The van der Waals surface area contributed by atoms with Crippen LogP contribution >= 0.6 is 0 Å². The maximum atomic E-state index is 13.3. The molecule has 4 heterocycles. The van der Waals surface area contributed by atoms with E-state index in [1.807, 2.05) is 0 Å². The normalized spacial score (nSPS) is 21.3. The molecule has 256 valence electrons. The van der Waals surface area contributed by atoms with Crippen molar-refractivity contribution in [3.05, 3.63) is 83.6 Å². The number of nitrogens with one attached hydrogen (secondary N) is 2. The van der Waals surface area contributed by atoms with E-state index in [0.717, 1.165) is 10.9 Å². The molecule has 0 bridgehead atoms. The fourth-order valence-corrected chi connectivity index (χ4v) is 5.33. The van der Waals surface area contributed by atoms with Gasteiger partial charge in [-0.25, -0.2) is 9.59 Å². The summed E-state index contributed by atoms with van der Waals surface area (Å²) in [5.74, 6) is -2.59. The molecule has 6 unspecified atom stereocenters. The van der Waals surface area contributed by atoms with E-state index in [1.54, 1.807) is 36.8 Å². The Kier molecular flexibility index (Phi) is 9.63. The molecule has 6 rings (SSSR count). The van der Waals surface area contributed by atoms with Crippen molar-refractivity contribution >= 4 is 40.1 Å². The quantitative estimate of drug-likeness (QED) is 0.0441. The standard InChI is InChI=1S/C33H31N3O13/c37-11-1-9-35-26(31(42)43)32(44)46-16-25-28(40)29(41)30(49-36-13-18-8-10-34-23(18)14-36)33(48-25)47-20-6-7-21-24(12-20)45-15-22(27(21)39)17-2-4-19(38)5-3-17/h2-8,10-15,25-26,28-30,33-35,38,40-41H,1,9,16H2,(H,42,43). The van der Waals surface area contributed by atoms with Crippen LogP contribution in [0.1, 0.15) is 6.42 Å². The number of phenolic OH excluding ortho intramolecular Hbond substituents is 1. The number of aliphatic hydroxyl groups is 2. The van der Waals surface area contributed by atoms with Gasteiger partial charge in [-0.2, -0.15) is 4.73 Å². The first-order chi connectivity index (χ1) is 23.6. The zero-order valence-electron chi connectivity index (χ0n) is 25.5. The van der Waals surface area contributed by atoms with Crippen LogP contribution in [-0.2, 0) is 23.9 Å². The van der Waals surface area contributed by atoms with Crippen LogP contribution in [0.5, 0.6) is 11.5 Å². The molecule has 5 aromatic rings. The number of hydrogen-bond donors (Lipinski definition) is 6. The number of aromatic amines is 1. The fraction of sp³-hybridized carbons (Fsp3) is 0.273. The number of esters is 1. The van der Waals surface area contributed by atoms with E-state index in [0.29, 0.717) is 11.8 Å². The summed E-state index contributed by atoms with van der Waals surface area (Å²) < 4.78 is 24.2. The Morgan fingerprint density at radius 3 is 2.61 bits per heavy atom. The minimum atomic E-state index is -1.80. The second kappa shape index (κ2) is 14.2. The number of carboxylic acids is 1. The fourth-order valence-electron chi connectivity index (χ4n) is 5.33. The van der Waals surface area contributed by atoms with E-state index >= 15 is 0 Å². The van der Waals surface area contributed by atoms with E-state index in [4.69, 9.17) is 23.5 Å². The molecule has 6 N–H and O–H groups in total. The van der Waals surface area contributed by atoms with Gasteiger partial charge < -0.3 is 53.7 Å². The molecular formula is C33H31N3O13. The summed E-state index contributed by atoms with van der Waals surface area (Å²) in [4.78, 5) is 57.0. The summed E-state index contributed by atoms with van der Waals surface area (Å²) in [6, 6.07) is 10.4. The van der Waals surface area contributed by atoms with Crippen molar-refractivity contribution in [1.29, 1.82) is 0 Å². The Labute approximate surface area is 275 Å². The number of ether oxygens (including phenoxy) is 3. The number of rotatable bonds is 13. The van der Waals surface area contributed by atoms with Crippen LogP contribution in [0, 0.1) is 0 Å². The molecule has 1 aliphatic rings. The number of fused-ring (bicyclic) bond motifs is 2. The Bertz CT molecular complexity index is 1990. The van der Waals surface area contributed by atoms with Crippen LogP contribution in [0.2, 0.25) is 0 Å². The highest BCUT2D eigenvalue weighted by molar-refractivity contribution is 5.98. The number of aromatic hydroxyl groups is 1. The zero-order valence-corrected chi connectivity index (χ0v) is 25.5. The number of aldehydes is 1. The maximum absolute atomic E-state index is 13.3. The van der Waals surface area contributed by atoms with Crippen LogP contribution in [0.4, 0.5) is 0 Å². The minimum absolute atomic E-state index is 0.0391. The molecule has 6 atom stereocenters. The molecule has 0 saturated carbocycles. The number of aromatic nitrogens is 2. The Balaban J connectivity index is 1.24. The van der Waals surface area contributed by atoms with Crippen molar-refractivity contribution in [2.75, 3.05) is 13.2 Å². The van der Waals surface area contributed by atoms with Gasteiger partial charge in [0.05, 0.1) is 28.9 Å². The topological polar surface area (TPSA) is 232 Å². The summed E-state index contributed by atoms with van der Waals surface area (Å²) >= 11 is 0. The predicted molar refractivity (Wildman–Crippen MR) is 169 cm³/mol. The smallest absolute Gasteiger partial charge is 0.334 e. The average Bonchev–Trinajstić information content (AvgIpc) is 3.68. The van der Waals surface area contributed by atoms with E-state index in [1.165, 1.54) is 41.3 Å². The molecule has 16 heteroatoms. The Morgan fingerprint density at radius 1 is 1.08 bits per heavy atom. The molecule has 16 nitrogen and oxygen atoms in total. The summed E-state index contributed by atoms with van der Waals surface area (Å²) in [6.07, 6.45) is -0.840. The number of H-pyrrole nitrogens is 1. The minimum Gasteiger partial charge on any atom is -0.508 e. The molecule has 1 fully saturated rings. The van der Waals surface area contributed by atoms with Gasteiger partial charge in [-0.15, -0.1) is 0 Å². The van der Waals surface area contributed by atoms with Crippen molar-refractivity contribution in [3.8, 4) is 22.6 Å². The van der Waals surface area contributed by atoms with Crippen molar-refractivity contribution in [3.63, 3.8) is 0 Å². The van der Waals surface area contributed by atoms with Gasteiger partial charge in [0.1, 0.15) is 54.6 Å². The highest BCUT2D eigenvalue weighted by Gasteiger charge is 2.49.